The van der Waals surface area contributed by atoms with Crippen molar-refractivity contribution in [2.24, 2.45) is 0 Å². The molecule has 4 aliphatic rings. The lowest BCUT2D eigenvalue weighted by molar-refractivity contribution is -0.0536. The summed E-state index contributed by atoms with van der Waals surface area (Å²) < 4.78 is 97.3. The van der Waals surface area contributed by atoms with Crippen molar-refractivity contribution >= 4 is 127 Å². The number of thiol groups is 1. The van der Waals surface area contributed by atoms with Crippen LogP contribution in [0.4, 0.5) is 11.6 Å². The molecular formula is C43H59N14O22P5S5. The first kappa shape index (κ1) is 68.4. The maximum atomic E-state index is 14.6. The highest BCUT2D eigenvalue weighted by Gasteiger charge is 2.48. The number of ether oxygens (including phenoxy) is 4. The standard InChI is InChI=1S/C43H59N14O22P5S5/c1-5-67-81(63,86)76-24-8-32(56-18-50-34-36(44)46-16-48-38(34)56)74-28(24)14-70-83(65,88)78-23-7-31(55-11-21(3)41(59)53-43(55)61)73-27(23)13-69-84(66,89)79-25-9-33(57-19-51-35-37(45)47-17-49-39(35)57)75-29(25)15-71-82(64,87)77-22-6-30(72-26(22)12-68-80(4,62)85)54-10-20(2)40(58)52-42(54)60/h10-11,16-19,22-33H,5-9,12-15H2,1-4H3,(H,62,85)(H,63,86)(H,64,87)(H,65,88)(H,66,89)(H2,44,46,48)(H2,45,47,49)(H,52,58,60)(H,53,59,61)/t22-,23-,24-,25-,26-,27-,28-,29-,30-,31-,32-,33-,80?,81?,82?,83?,84?/m1/s1. The lowest BCUT2D eigenvalue weighted by Crippen LogP contribution is -2.33. The second-order valence-electron chi connectivity index (χ2n) is 20.4. The summed E-state index contributed by atoms with van der Waals surface area (Å²) in [6.07, 6.45) is -6.60. The lowest BCUT2D eigenvalue weighted by Gasteiger charge is -2.27. The van der Waals surface area contributed by atoms with Crippen LogP contribution in [0.1, 0.15) is 68.6 Å². The monoisotopic (exact) mass is 1440 g/mol. The van der Waals surface area contributed by atoms with E-state index in [0.717, 1.165) is 9.13 Å². The van der Waals surface area contributed by atoms with E-state index in [4.69, 9.17) is 118 Å². The number of hydrogen-bond acceptors (Lipinski definition) is 30. The summed E-state index contributed by atoms with van der Waals surface area (Å²) >= 11 is 25.6. The van der Waals surface area contributed by atoms with Gasteiger partial charge in [0.2, 0.25) is 0 Å². The van der Waals surface area contributed by atoms with Crippen molar-refractivity contribution in [1.82, 2.24) is 58.1 Å². The Morgan fingerprint density at radius 2 is 0.910 bits per heavy atom. The number of imidazole rings is 2. The van der Waals surface area contributed by atoms with Crippen LogP contribution in [0.25, 0.3) is 22.3 Å². The molecule has 0 saturated carbocycles. The van der Waals surface area contributed by atoms with Crippen molar-refractivity contribution in [2.75, 3.05) is 51.2 Å². The summed E-state index contributed by atoms with van der Waals surface area (Å²) in [5, 5.41) is 0. The Balaban J connectivity index is 0.855. The topological polar surface area (TPSA) is 467 Å². The fraction of sp³-hybridized carbons (Fsp3) is 0.581. The molecule has 0 spiro atoms. The zero-order valence-electron chi connectivity index (χ0n) is 46.8. The highest BCUT2D eigenvalue weighted by Crippen LogP contribution is 2.58. The van der Waals surface area contributed by atoms with Gasteiger partial charge in [-0.05, 0) is 68.0 Å². The van der Waals surface area contributed by atoms with Crippen molar-refractivity contribution in [1.29, 1.82) is 0 Å². The maximum Gasteiger partial charge on any atom is 0.386 e. The van der Waals surface area contributed by atoms with E-state index in [0.29, 0.717) is 5.65 Å². The Kier molecular flexibility index (Phi) is 21.1. The Morgan fingerprint density at radius 3 is 1.29 bits per heavy atom. The minimum Gasteiger partial charge on any atom is -0.382 e. The molecular weight excluding hydrogens is 1380 g/mol. The SMILES string of the molecule is CCOP(O)(=S)O[C@@H]1C[C@H](n2cnc3c(N)ncnc32)O[C@@H]1COP(O)(=S)O[C@@H]1C[C@H](n2cc(C)c(=O)[nH]c2=O)O[C@@H]1COP(=O)(S)O[C@@H]1C[C@H](n2cnc3c(N)ncnc32)O[C@@H]1COP(O)(=S)O[C@@H]1C[C@H](n2cc(C)c(=O)[nH]c2=O)O[C@@H]1COP(C)(O)=S. The number of anilines is 2. The van der Waals surface area contributed by atoms with Gasteiger partial charge in [0.05, 0.1) is 64.0 Å². The molecule has 5 unspecified atom stereocenters. The fourth-order valence-electron chi connectivity index (χ4n) is 9.97. The third-order valence-electron chi connectivity index (χ3n) is 14.1. The Labute approximate surface area is 527 Å². The zero-order chi connectivity index (χ0) is 64.1. The molecule has 89 heavy (non-hydrogen) atoms. The van der Waals surface area contributed by atoms with Gasteiger partial charge in [-0.3, -0.25) is 46.9 Å². The third kappa shape index (κ3) is 16.6. The molecule has 17 atom stereocenters. The predicted molar refractivity (Wildman–Crippen MR) is 329 cm³/mol. The van der Waals surface area contributed by atoms with Gasteiger partial charge in [-0.2, -0.15) is 0 Å². The molecule has 6 aromatic rings. The van der Waals surface area contributed by atoms with Crippen molar-refractivity contribution in [3.05, 3.63) is 90.5 Å². The van der Waals surface area contributed by atoms with Crippen molar-refractivity contribution in [2.45, 2.75) is 120 Å². The number of aromatic nitrogens is 12. The summed E-state index contributed by atoms with van der Waals surface area (Å²) in [5.41, 5.74) is 10.5. The summed E-state index contributed by atoms with van der Waals surface area (Å²) in [4.78, 5) is 125. The minimum atomic E-state index is -4.63. The van der Waals surface area contributed by atoms with E-state index in [2.05, 4.69) is 52.1 Å². The summed E-state index contributed by atoms with van der Waals surface area (Å²) in [7, 11) is 0. The number of aromatic amines is 2. The Hall–Kier alpha value is -3.44. The molecule has 4 fully saturated rings. The number of aryl methyl sites for hydroxylation is 2. The molecule has 0 radical (unpaired) electrons. The first-order chi connectivity index (χ1) is 41.8. The molecule has 4 aliphatic heterocycles. The lowest BCUT2D eigenvalue weighted by atomic mass is 10.2. The van der Waals surface area contributed by atoms with Crippen molar-refractivity contribution < 1.29 is 83.8 Å². The molecule has 36 nitrogen and oxygen atoms in total. The van der Waals surface area contributed by atoms with Gasteiger partial charge in [-0.1, -0.05) is 12.2 Å². The molecule has 0 amide bonds. The predicted octanol–water partition coefficient (Wildman–Crippen LogP) is 1.96. The maximum absolute atomic E-state index is 14.6. The van der Waals surface area contributed by atoms with Gasteiger partial charge in [-0.15, -0.1) is 0 Å². The minimum absolute atomic E-state index is 0.0184. The van der Waals surface area contributed by atoms with Crippen molar-refractivity contribution in [3.8, 4) is 0 Å². The van der Waals surface area contributed by atoms with E-state index in [1.165, 1.54) is 62.8 Å². The first-order valence-corrected chi connectivity index (χ1v) is 40.1. The third-order valence-corrected chi connectivity index (χ3v) is 21.5. The smallest absolute Gasteiger partial charge is 0.382 e. The molecule has 6 aromatic heterocycles. The number of nitrogen functional groups attached to an aromatic ring is 2. The molecule has 10 N–H and O–H groups in total. The number of fused-ring (bicyclic) bond motifs is 2. The number of nitrogens with one attached hydrogen (secondary N) is 2. The highest BCUT2D eigenvalue weighted by atomic mass is 32.7. The molecule has 46 heteroatoms. The molecule has 10 heterocycles. The quantitative estimate of drug-likeness (QED) is 0.0277. The second-order valence-corrected chi connectivity index (χ2v) is 35.6. The van der Waals surface area contributed by atoms with Gasteiger partial charge in [-0.25, -0.2) is 44.1 Å². The Bertz CT molecular complexity index is 4120. The van der Waals surface area contributed by atoms with Gasteiger partial charge in [0.1, 0.15) is 79.1 Å². The van der Waals surface area contributed by atoms with Gasteiger partial charge in [0.25, 0.3) is 11.1 Å². The van der Waals surface area contributed by atoms with E-state index >= 15 is 0 Å². The van der Waals surface area contributed by atoms with Crippen LogP contribution in [0.15, 0.2) is 56.9 Å². The van der Waals surface area contributed by atoms with Gasteiger partial charge >= 0.3 is 38.3 Å². The van der Waals surface area contributed by atoms with Crippen molar-refractivity contribution in [3.63, 3.8) is 0 Å². The molecule has 488 valence electrons. The second kappa shape index (κ2) is 27.5. The number of hydrogen-bond donors (Lipinski definition) is 9. The zero-order valence-corrected chi connectivity index (χ0v) is 55.5. The molecule has 0 bridgehead atoms. The number of nitrogens with two attached hydrogens (primary N) is 2. The summed E-state index contributed by atoms with van der Waals surface area (Å²) in [6, 6.07) is 0. The van der Waals surface area contributed by atoms with Crippen LogP contribution in [0, 0.1) is 13.8 Å². The van der Waals surface area contributed by atoms with Crippen LogP contribution in [-0.4, -0.2) is 166 Å². The number of rotatable bonds is 26. The fourth-order valence-corrected chi connectivity index (χ4v) is 16.7. The molecule has 10 rings (SSSR count). The van der Waals surface area contributed by atoms with Crippen LogP contribution in [-0.2, 0) is 111 Å². The summed E-state index contributed by atoms with van der Waals surface area (Å²) in [5.74, 6) is 0.162. The van der Waals surface area contributed by atoms with Crippen LogP contribution in [0.2, 0.25) is 0 Å². The largest absolute Gasteiger partial charge is 0.386 e. The molecule has 0 aliphatic carbocycles. The summed E-state index contributed by atoms with van der Waals surface area (Å²) in [6.45, 7) is -16.9. The normalized spacial score (nSPS) is 29.0. The van der Waals surface area contributed by atoms with Crippen LogP contribution in [0.3, 0.4) is 0 Å². The van der Waals surface area contributed by atoms with Gasteiger partial charge < -0.3 is 81.7 Å². The van der Waals surface area contributed by atoms with Crippen LogP contribution >= 0.6 is 45.7 Å². The van der Waals surface area contributed by atoms with Gasteiger partial charge in [0, 0.05) is 55.9 Å². The average Bonchev–Trinajstić information content (AvgIpc) is 1.78. The number of nitrogens with zero attached hydrogens (tertiary/aromatic N) is 10. The molecule has 0 aromatic carbocycles. The highest BCUT2D eigenvalue weighted by molar-refractivity contribution is 8.44. The average molecular weight is 1440 g/mol. The van der Waals surface area contributed by atoms with Crippen LogP contribution in [0.5, 0.6) is 0 Å². The van der Waals surface area contributed by atoms with E-state index < -0.39 is 150 Å². The Morgan fingerprint density at radius 1 is 0.562 bits per heavy atom. The van der Waals surface area contributed by atoms with Crippen LogP contribution < -0.4 is 34.0 Å². The van der Waals surface area contributed by atoms with Gasteiger partial charge in [0.15, 0.2) is 29.4 Å². The van der Waals surface area contributed by atoms with E-state index in [1.54, 1.807) is 11.5 Å². The number of H-pyrrole nitrogens is 2. The molecule has 4 saturated heterocycles. The van der Waals surface area contributed by atoms with E-state index in [9.17, 15) is 43.3 Å². The first-order valence-electron chi connectivity index (χ1n) is 26.5. The van der Waals surface area contributed by atoms with E-state index in [-0.39, 0.29) is 78.3 Å². The van der Waals surface area contributed by atoms with E-state index in [1.807, 2.05) is 0 Å².